The summed E-state index contributed by atoms with van der Waals surface area (Å²) in [7, 11) is 3.17. The first-order valence-electron chi connectivity index (χ1n) is 10.0. The lowest BCUT2D eigenvalue weighted by atomic mass is 9.77. The van der Waals surface area contributed by atoms with Crippen molar-refractivity contribution in [3.05, 3.63) is 23.3 Å². The number of benzene rings is 1. The van der Waals surface area contributed by atoms with E-state index in [-0.39, 0.29) is 12.1 Å². The van der Waals surface area contributed by atoms with Gasteiger partial charge in [-0.3, -0.25) is 4.90 Å². The van der Waals surface area contributed by atoms with Crippen molar-refractivity contribution >= 4 is 10.2 Å². The molecule has 0 saturated carbocycles. The van der Waals surface area contributed by atoms with Gasteiger partial charge in [0.1, 0.15) is 0 Å². The maximum atomic E-state index is 12.9. The Hall–Kier alpha value is -1.35. The summed E-state index contributed by atoms with van der Waals surface area (Å²) >= 11 is 0. The van der Waals surface area contributed by atoms with Gasteiger partial charge in [-0.05, 0) is 54.9 Å². The van der Waals surface area contributed by atoms with E-state index in [9.17, 15) is 8.42 Å². The van der Waals surface area contributed by atoms with Crippen LogP contribution in [-0.4, -0.2) is 75.9 Å². The Morgan fingerprint density at radius 2 is 1.82 bits per heavy atom. The van der Waals surface area contributed by atoms with Crippen molar-refractivity contribution in [2.75, 3.05) is 47.9 Å². The highest BCUT2D eigenvalue weighted by molar-refractivity contribution is 7.86. The molecule has 0 aromatic heterocycles. The van der Waals surface area contributed by atoms with Gasteiger partial charge in [0.15, 0.2) is 11.5 Å². The number of hydrogen-bond acceptors (Lipinski definition) is 5. The van der Waals surface area contributed by atoms with Crippen molar-refractivity contribution in [1.82, 2.24) is 13.5 Å². The number of fused-ring (bicyclic) bond motifs is 4. The van der Waals surface area contributed by atoms with Gasteiger partial charge in [-0.2, -0.15) is 17.0 Å². The topological polar surface area (TPSA) is 62.3 Å². The maximum Gasteiger partial charge on any atom is 0.281 e. The summed E-state index contributed by atoms with van der Waals surface area (Å²) in [5.74, 6) is 1.91. The van der Waals surface area contributed by atoms with Crippen LogP contribution < -0.4 is 9.47 Å². The van der Waals surface area contributed by atoms with Crippen LogP contribution in [0.5, 0.6) is 11.5 Å². The van der Waals surface area contributed by atoms with E-state index in [0.717, 1.165) is 50.3 Å². The molecule has 0 unspecified atom stereocenters. The SMILES string of the molecule is COc1cc2c(cc1OC)[C@@H]1C[C@H]3[C@H](CCCN3S(=O)(=O)N(C)C)CN1CC2. The molecule has 0 N–H and O–H groups in total. The minimum absolute atomic E-state index is 0.0569. The minimum Gasteiger partial charge on any atom is -0.493 e. The van der Waals surface area contributed by atoms with E-state index in [2.05, 4.69) is 17.0 Å². The minimum atomic E-state index is -3.41. The Labute approximate surface area is 168 Å². The highest BCUT2D eigenvalue weighted by Crippen LogP contribution is 2.46. The van der Waals surface area contributed by atoms with Crippen LogP contribution in [0.15, 0.2) is 12.1 Å². The Balaban J connectivity index is 1.69. The third-order valence-electron chi connectivity index (χ3n) is 6.67. The van der Waals surface area contributed by atoms with Gasteiger partial charge < -0.3 is 9.47 Å². The Kier molecular flexibility index (Phi) is 5.33. The molecule has 0 amide bonds. The fourth-order valence-corrected chi connectivity index (χ4v) is 6.61. The van der Waals surface area contributed by atoms with E-state index in [1.165, 1.54) is 15.4 Å². The summed E-state index contributed by atoms with van der Waals surface area (Å²) in [5.41, 5.74) is 2.55. The lowest BCUT2D eigenvalue weighted by molar-refractivity contribution is 0.0202. The van der Waals surface area contributed by atoms with E-state index in [4.69, 9.17) is 9.47 Å². The monoisotopic (exact) mass is 409 g/mol. The molecule has 4 rings (SSSR count). The van der Waals surface area contributed by atoms with Crippen molar-refractivity contribution in [1.29, 1.82) is 0 Å². The largest absolute Gasteiger partial charge is 0.493 e. The van der Waals surface area contributed by atoms with E-state index < -0.39 is 10.2 Å². The molecule has 28 heavy (non-hydrogen) atoms. The lowest BCUT2D eigenvalue weighted by Gasteiger charge is -2.52. The molecule has 0 aliphatic carbocycles. The second kappa shape index (κ2) is 7.48. The van der Waals surface area contributed by atoms with Gasteiger partial charge in [0.05, 0.1) is 14.2 Å². The van der Waals surface area contributed by atoms with E-state index in [1.54, 1.807) is 32.6 Å². The first kappa shape index (κ1) is 19.9. The number of nitrogens with zero attached hydrogens (tertiary/aromatic N) is 3. The molecule has 0 radical (unpaired) electrons. The predicted octanol–water partition coefficient (Wildman–Crippen LogP) is 1.89. The average Bonchev–Trinajstić information content (AvgIpc) is 2.70. The Morgan fingerprint density at radius 3 is 2.50 bits per heavy atom. The summed E-state index contributed by atoms with van der Waals surface area (Å²) in [6, 6.07) is 4.47. The summed E-state index contributed by atoms with van der Waals surface area (Å²) < 4.78 is 40.0. The number of hydrogen-bond donors (Lipinski definition) is 0. The fourth-order valence-electron chi connectivity index (χ4n) is 5.23. The van der Waals surface area contributed by atoms with Gasteiger partial charge >= 0.3 is 0 Å². The highest BCUT2D eigenvalue weighted by Gasteiger charge is 2.46. The molecular weight excluding hydrogens is 378 g/mol. The molecule has 3 aliphatic heterocycles. The van der Waals surface area contributed by atoms with E-state index >= 15 is 0 Å². The number of methoxy groups -OCH3 is 2. The zero-order valence-electron chi connectivity index (χ0n) is 17.2. The molecular formula is C20H31N3O4S. The zero-order chi connectivity index (χ0) is 20.1. The van der Waals surface area contributed by atoms with Crippen LogP contribution in [0.4, 0.5) is 0 Å². The molecule has 2 fully saturated rings. The van der Waals surface area contributed by atoms with Crippen molar-refractivity contribution in [3.63, 3.8) is 0 Å². The third-order valence-corrected chi connectivity index (χ3v) is 8.64. The zero-order valence-corrected chi connectivity index (χ0v) is 18.0. The number of piperidine rings is 2. The summed E-state index contributed by atoms with van der Waals surface area (Å²) in [6.45, 7) is 2.59. The van der Waals surface area contributed by atoms with Crippen LogP contribution in [0.1, 0.15) is 36.4 Å². The molecule has 3 heterocycles. The molecule has 3 aliphatic rings. The van der Waals surface area contributed by atoms with Crippen LogP contribution in [0.25, 0.3) is 0 Å². The lowest BCUT2D eigenvalue weighted by Crippen LogP contribution is -2.59. The predicted molar refractivity (Wildman–Crippen MR) is 108 cm³/mol. The van der Waals surface area contributed by atoms with Crippen LogP contribution in [-0.2, 0) is 16.6 Å². The summed E-state index contributed by atoms with van der Waals surface area (Å²) in [5, 5.41) is 0. The molecule has 1 aromatic rings. The normalized spacial score (nSPS) is 28.4. The van der Waals surface area contributed by atoms with Gasteiger partial charge in [0.2, 0.25) is 0 Å². The molecule has 7 nitrogen and oxygen atoms in total. The second-order valence-corrected chi connectivity index (χ2v) is 10.4. The number of rotatable bonds is 4. The third kappa shape index (κ3) is 3.20. The molecule has 156 valence electrons. The summed E-state index contributed by atoms with van der Waals surface area (Å²) in [4.78, 5) is 2.54. The molecule has 8 heteroatoms. The van der Waals surface area contributed by atoms with Gasteiger partial charge in [-0.25, -0.2) is 0 Å². The molecule has 2 saturated heterocycles. The Bertz CT molecular complexity index is 842. The maximum absolute atomic E-state index is 12.9. The summed E-state index contributed by atoms with van der Waals surface area (Å²) in [6.07, 6.45) is 3.87. The molecule has 0 bridgehead atoms. The first-order valence-corrected chi connectivity index (χ1v) is 11.4. The average molecular weight is 410 g/mol. The van der Waals surface area contributed by atoms with Crippen LogP contribution in [0.2, 0.25) is 0 Å². The standard InChI is InChI=1S/C20H31N3O4S/c1-21(2)28(24,25)23-8-5-6-15-13-22-9-7-14-10-19(26-3)20(27-4)11-16(14)18(22)12-17(15)23/h10-11,15,17-18H,5-9,12-13H2,1-4H3/t15-,17+,18+/m1/s1. The van der Waals surface area contributed by atoms with E-state index in [1.807, 2.05) is 0 Å². The fraction of sp³-hybridized carbons (Fsp3) is 0.700. The van der Waals surface area contributed by atoms with Crippen LogP contribution in [0, 0.1) is 5.92 Å². The number of ether oxygens (including phenoxy) is 2. The van der Waals surface area contributed by atoms with Crippen molar-refractivity contribution in [2.24, 2.45) is 5.92 Å². The first-order chi connectivity index (χ1) is 13.4. The molecule has 3 atom stereocenters. The molecule has 1 aromatic carbocycles. The van der Waals surface area contributed by atoms with Gasteiger partial charge in [-0.1, -0.05) is 0 Å². The smallest absolute Gasteiger partial charge is 0.281 e. The van der Waals surface area contributed by atoms with Crippen molar-refractivity contribution in [3.8, 4) is 11.5 Å². The van der Waals surface area contributed by atoms with Gasteiger partial charge in [0, 0.05) is 45.8 Å². The van der Waals surface area contributed by atoms with Gasteiger partial charge in [0.25, 0.3) is 10.2 Å². The second-order valence-electron chi connectivity index (χ2n) is 8.27. The Morgan fingerprint density at radius 1 is 1.11 bits per heavy atom. The highest BCUT2D eigenvalue weighted by atomic mass is 32.2. The van der Waals surface area contributed by atoms with Crippen LogP contribution in [0.3, 0.4) is 0 Å². The molecule has 0 spiro atoms. The van der Waals surface area contributed by atoms with Crippen molar-refractivity contribution < 1.29 is 17.9 Å². The van der Waals surface area contributed by atoms with Crippen LogP contribution >= 0.6 is 0 Å². The quantitative estimate of drug-likeness (QED) is 0.760. The van der Waals surface area contributed by atoms with Gasteiger partial charge in [-0.15, -0.1) is 0 Å². The van der Waals surface area contributed by atoms with Crippen molar-refractivity contribution in [2.45, 2.75) is 37.8 Å². The van der Waals surface area contributed by atoms with E-state index in [0.29, 0.717) is 12.5 Å².